The Kier molecular flexibility index (Phi) is 13.8. The topological polar surface area (TPSA) is 74.1 Å². The van der Waals surface area contributed by atoms with Crippen LogP contribution in [0.4, 0.5) is 0 Å². The van der Waals surface area contributed by atoms with E-state index in [1.165, 1.54) is 67.4 Å². The van der Waals surface area contributed by atoms with Crippen LogP contribution < -0.4 is 27.0 Å². The molecule has 33 heavy (non-hydrogen) atoms. The predicted molar refractivity (Wildman–Crippen MR) is 139 cm³/mol. The molecule has 0 aromatic heterocycles. The van der Waals surface area contributed by atoms with Crippen molar-refractivity contribution in [2.45, 2.75) is 93.5 Å². The molecule has 1 aliphatic heterocycles. The molecule has 1 aromatic carbocycles. The number of nitrogens with two attached hydrogens (primary N) is 1. The van der Waals surface area contributed by atoms with Crippen LogP contribution >= 0.6 is 32.0 Å². The van der Waals surface area contributed by atoms with Crippen LogP contribution in [0.2, 0.25) is 0 Å². The summed E-state index contributed by atoms with van der Waals surface area (Å²) in [6.45, 7) is 4.64. The molecule has 2 aliphatic carbocycles. The molecular formula is C24H40Cl2MnN5S-. The van der Waals surface area contributed by atoms with Crippen LogP contribution in [0.3, 0.4) is 0 Å². The summed E-state index contributed by atoms with van der Waals surface area (Å²) in [5, 5.41) is 15.4. The van der Waals surface area contributed by atoms with Crippen LogP contribution in [0.5, 0.6) is 0 Å². The van der Waals surface area contributed by atoms with Crippen molar-refractivity contribution < 1.29 is 13.1 Å². The Bertz CT molecular complexity index is 638. The second-order valence-corrected chi connectivity index (χ2v) is 12.3. The predicted octanol–water partition coefficient (Wildman–Crippen LogP) is 3.91. The molecule has 0 spiro atoms. The van der Waals surface area contributed by atoms with Gasteiger partial charge in [-0.3, -0.25) is 0 Å². The van der Waals surface area contributed by atoms with E-state index in [0.29, 0.717) is 24.2 Å². The Labute approximate surface area is 219 Å². The van der Waals surface area contributed by atoms with E-state index in [1.54, 1.807) is 0 Å². The number of fused-ring (bicyclic) bond motifs is 4. The Morgan fingerprint density at radius 3 is 1.67 bits per heavy atom. The van der Waals surface area contributed by atoms with Crippen molar-refractivity contribution >= 4 is 32.0 Å². The zero-order chi connectivity index (χ0) is 23.3. The molecule has 0 saturated heterocycles. The number of hydrogen-bond acceptors (Lipinski definition) is 6. The molecule has 9 heteroatoms. The van der Waals surface area contributed by atoms with Crippen molar-refractivity contribution in [1.82, 2.24) is 21.3 Å². The Morgan fingerprint density at radius 2 is 1.24 bits per heavy atom. The fourth-order valence-corrected chi connectivity index (χ4v) is 6.16. The van der Waals surface area contributed by atoms with Gasteiger partial charge in [-0.1, -0.05) is 25.7 Å². The number of rotatable bonds is 3. The maximum atomic E-state index is 5.76. The molecule has 2 bridgehead atoms. The van der Waals surface area contributed by atoms with Crippen molar-refractivity contribution in [2.75, 3.05) is 25.4 Å². The molecule has 0 amide bonds. The summed E-state index contributed by atoms with van der Waals surface area (Å²) in [6, 6.07) is 10.6. The second kappa shape index (κ2) is 16.3. The van der Waals surface area contributed by atoms with Gasteiger partial charge < -0.3 is 27.0 Å². The number of halogens is 2. The molecule has 189 valence electrons. The standard InChI is InChI=1S/C24H40N5S.2ClH.Mn/c25-9-12-30-20-14-18-13-19(15-20)17-29-24-8-4-2-6-22(24)27-11-10-26-21-5-1-3-7-23(21)28-16-18;;;/h14-15,21-24,26-29H,1-12,16-17,25H2;2*1H;/q-1;;;+2/p-2/t21-,22-,23?,24?;;;/m1.../s1. The first-order valence-corrected chi connectivity index (χ1v) is 16.7. The van der Waals surface area contributed by atoms with Gasteiger partial charge in [0, 0.05) is 49.6 Å². The summed E-state index contributed by atoms with van der Waals surface area (Å²) in [5.41, 5.74) is 8.33. The van der Waals surface area contributed by atoms with E-state index in [9.17, 15) is 0 Å². The Hall–Kier alpha value is 0.469. The van der Waals surface area contributed by atoms with Gasteiger partial charge in [-0.2, -0.15) is 30.0 Å². The van der Waals surface area contributed by atoms with E-state index in [0.717, 1.165) is 38.5 Å². The molecule has 4 rings (SSSR count). The van der Waals surface area contributed by atoms with Crippen LogP contribution in [0.15, 0.2) is 17.0 Å². The van der Waals surface area contributed by atoms with Crippen LogP contribution in [0, 0.1) is 6.07 Å². The van der Waals surface area contributed by atoms with E-state index in [2.05, 4.69) is 39.5 Å². The molecule has 3 aliphatic rings. The third-order valence-electron chi connectivity index (χ3n) is 6.92. The molecule has 1 aromatic rings. The number of thioether (sulfide) groups is 1. The molecule has 5 nitrogen and oxygen atoms in total. The maximum absolute atomic E-state index is 5.76. The van der Waals surface area contributed by atoms with E-state index < -0.39 is 0 Å². The van der Waals surface area contributed by atoms with E-state index in [1.807, 2.05) is 11.8 Å². The van der Waals surface area contributed by atoms with Crippen LogP contribution in [-0.4, -0.2) is 49.6 Å². The first-order chi connectivity index (χ1) is 16.2. The van der Waals surface area contributed by atoms with Gasteiger partial charge >= 0.3 is 33.3 Å². The first-order valence-electron chi connectivity index (χ1n) is 12.4. The minimum atomic E-state index is 0.00694. The summed E-state index contributed by atoms with van der Waals surface area (Å²) < 4.78 is 0. The van der Waals surface area contributed by atoms with E-state index in [-0.39, 0.29) is 13.1 Å². The summed E-state index contributed by atoms with van der Waals surface area (Å²) in [5.74, 6) is 0.965. The molecule has 4 atom stereocenters. The van der Waals surface area contributed by atoms with Crippen LogP contribution in [-0.2, 0) is 26.2 Å². The summed E-state index contributed by atoms with van der Waals surface area (Å²) in [6.07, 6.45) is 10.5. The van der Waals surface area contributed by atoms with Crippen molar-refractivity contribution in [3.05, 3.63) is 29.3 Å². The zero-order valence-corrected chi connectivity index (χ0v) is 23.0. The van der Waals surface area contributed by atoms with Gasteiger partial charge in [-0.05, 0) is 38.8 Å². The SMILES string of the molecule is NCCSc1cc2[c-]c(c1)CNC1CCCC[C@H]1NCCN[C@@H]1CCCCC1NC2.[Cl][Mn][Cl]. The quantitative estimate of drug-likeness (QED) is 0.221. The Morgan fingerprint density at radius 1 is 0.818 bits per heavy atom. The molecule has 6 N–H and O–H groups in total. The third kappa shape index (κ3) is 9.80. The fraction of sp³-hybridized carbons (Fsp3) is 0.750. The molecule has 0 radical (unpaired) electrons. The summed E-state index contributed by atoms with van der Waals surface area (Å²) in [7, 11) is 9.59. The van der Waals surface area contributed by atoms with Crippen molar-refractivity contribution in [3.63, 3.8) is 0 Å². The molecule has 2 saturated carbocycles. The minimum absolute atomic E-state index is 0.00694. The van der Waals surface area contributed by atoms with Gasteiger partial charge in [0.25, 0.3) is 0 Å². The van der Waals surface area contributed by atoms with E-state index >= 15 is 0 Å². The third-order valence-corrected chi connectivity index (χ3v) is 7.93. The van der Waals surface area contributed by atoms with Gasteiger partial charge in [0.1, 0.15) is 0 Å². The average Bonchev–Trinajstić information content (AvgIpc) is 2.84. The molecule has 1 heterocycles. The number of nitrogens with one attached hydrogen (secondary N) is 4. The van der Waals surface area contributed by atoms with Crippen LogP contribution in [0.1, 0.15) is 62.5 Å². The first kappa shape index (κ1) is 28.0. The molecule has 2 fully saturated rings. The van der Waals surface area contributed by atoms with Gasteiger partial charge in [0.05, 0.1) is 0 Å². The average molecular weight is 557 g/mol. The summed E-state index contributed by atoms with van der Waals surface area (Å²) in [4.78, 5) is 1.33. The molecular weight excluding hydrogens is 516 g/mol. The van der Waals surface area contributed by atoms with Crippen LogP contribution in [0.25, 0.3) is 0 Å². The monoisotopic (exact) mass is 555 g/mol. The van der Waals surface area contributed by atoms with Gasteiger partial charge in [0.2, 0.25) is 0 Å². The normalized spacial score (nSPS) is 28.8. The van der Waals surface area contributed by atoms with Crippen molar-refractivity contribution in [2.24, 2.45) is 5.73 Å². The van der Waals surface area contributed by atoms with E-state index in [4.69, 9.17) is 25.9 Å². The van der Waals surface area contributed by atoms with Gasteiger partial charge in [-0.25, -0.2) is 0 Å². The van der Waals surface area contributed by atoms with Crippen molar-refractivity contribution in [1.29, 1.82) is 0 Å². The number of benzene rings is 1. The van der Waals surface area contributed by atoms with Gasteiger partial charge in [0.15, 0.2) is 0 Å². The number of hydrogen-bond donors (Lipinski definition) is 5. The molecule has 2 unspecified atom stereocenters. The Balaban J connectivity index is 0.000000968. The zero-order valence-electron chi connectivity index (χ0n) is 19.5. The second-order valence-electron chi connectivity index (χ2n) is 9.22. The van der Waals surface area contributed by atoms with Gasteiger partial charge in [-0.15, -0.1) is 16.0 Å². The fourth-order valence-electron chi connectivity index (χ4n) is 5.35. The summed E-state index contributed by atoms with van der Waals surface area (Å²) >= 11 is 1.87. The van der Waals surface area contributed by atoms with Crippen molar-refractivity contribution in [3.8, 4) is 0 Å².